The summed E-state index contributed by atoms with van der Waals surface area (Å²) in [6.45, 7) is 2.55. The highest BCUT2D eigenvalue weighted by atomic mass is 16.2. The van der Waals surface area contributed by atoms with E-state index in [0.29, 0.717) is 16.8 Å². The number of imide groups is 1. The van der Waals surface area contributed by atoms with Gasteiger partial charge in [-0.05, 0) is 31.5 Å². The van der Waals surface area contributed by atoms with Crippen LogP contribution in [0.1, 0.15) is 29.8 Å². The fourth-order valence-electron chi connectivity index (χ4n) is 3.04. The van der Waals surface area contributed by atoms with Crippen LogP contribution in [0.4, 0.5) is 10.5 Å². The molecule has 4 amide bonds. The van der Waals surface area contributed by atoms with Crippen LogP contribution in [-0.4, -0.2) is 35.1 Å². The molecular weight excluding hydrogens is 346 g/mol. The van der Waals surface area contributed by atoms with E-state index in [1.165, 1.54) is 6.92 Å². The van der Waals surface area contributed by atoms with Crippen molar-refractivity contribution in [2.75, 3.05) is 11.9 Å². The number of ketones is 1. The van der Waals surface area contributed by atoms with E-state index in [1.807, 2.05) is 6.07 Å². The first-order valence-electron chi connectivity index (χ1n) is 8.42. The minimum absolute atomic E-state index is 0.197. The first-order valence-corrected chi connectivity index (χ1v) is 8.42. The largest absolute Gasteiger partial charge is 0.325 e. The maximum Gasteiger partial charge on any atom is 0.325 e. The van der Waals surface area contributed by atoms with Gasteiger partial charge in [0.1, 0.15) is 12.1 Å². The molecule has 0 bridgehead atoms. The van der Waals surface area contributed by atoms with Crippen molar-refractivity contribution in [2.45, 2.75) is 19.4 Å². The Bertz CT molecular complexity index is 926. The number of benzene rings is 2. The highest BCUT2D eigenvalue weighted by molar-refractivity contribution is 6.11. The zero-order valence-electron chi connectivity index (χ0n) is 15.0. The van der Waals surface area contributed by atoms with E-state index in [0.717, 1.165) is 4.90 Å². The number of hydrogen-bond donors (Lipinski definition) is 2. The molecule has 0 spiro atoms. The lowest BCUT2D eigenvalue weighted by Gasteiger charge is -2.22. The summed E-state index contributed by atoms with van der Waals surface area (Å²) in [5, 5.41) is 5.24. The summed E-state index contributed by atoms with van der Waals surface area (Å²) in [4.78, 5) is 50.0. The first-order chi connectivity index (χ1) is 12.8. The van der Waals surface area contributed by atoms with Gasteiger partial charge in [0.25, 0.3) is 5.91 Å². The normalized spacial score (nSPS) is 19.0. The highest BCUT2D eigenvalue weighted by Crippen LogP contribution is 2.28. The van der Waals surface area contributed by atoms with Crippen molar-refractivity contribution < 1.29 is 19.2 Å². The number of hydrogen-bond acceptors (Lipinski definition) is 4. The number of carbonyl (C=O) groups excluding carboxylic acids is 4. The molecule has 0 radical (unpaired) electrons. The number of Topliss-reactive ketones (excluding diaryl/α,β-unsaturated/α-hetero) is 1. The Morgan fingerprint density at radius 2 is 1.67 bits per heavy atom. The zero-order chi connectivity index (χ0) is 19.6. The quantitative estimate of drug-likeness (QED) is 0.628. The Balaban J connectivity index is 1.76. The third-order valence-electron chi connectivity index (χ3n) is 4.51. The molecule has 7 nitrogen and oxygen atoms in total. The summed E-state index contributed by atoms with van der Waals surface area (Å²) in [6, 6.07) is 14.8. The van der Waals surface area contributed by atoms with Gasteiger partial charge in [-0.1, -0.05) is 42.5 Å². The fraction of sp³-hybridized carbons (Fsp3) is 0.200. The third-order valence-corrected chi connectivity index (χ3v) is 4.51. The molecule has 1 atom stereocenters. The number of anilines is 1. The molecule has 0 saturated carbocycles. The van der Waals surface area contributed by atoms with Gasteiger partial charge in [-0.15, -0.1) is 0 Å². The van der Waals surface area contributed by atoms with E-state index in [1.54, 1.807) is 55.5 Å². The van der Waals surface area contributed by atoms with Crippen LogP contribution in [0, 0.1) is 0 Å². The van der Waals surface area contributed by atoms with Gasteiger partial charge in [0.15, 0.2) is 5.78 Å². The maximum absolute atomic E-state index is 12.8. The zero-order valence-corrected chi connectivity index (χ0v) is 15.0. The third kappa shape index (κ3) is 3.44. The lowest BCUT2D eigenvalue weighted by molar-refractivity contribution is -0.133. The molecule has 0 aliphatic carbocycles. The molecule has 1 heterocycles. The number of nitrogens with one attached hydrogen (secondary N) is 2. The van der Waals surface area contributed by atoms with E-state index in [-0.39, 0.29) is 5.78 Å². The average molecular weight is 365 g/mol. The van der Waals surface area contributed by atoms with Crippen molar-refractivity contribution in [3.8, 4) is 0 Å². The second kappa shape index (κ2) is 7.03. The Labute approximate surface area is 156 Å². The van der Waals surface area contributed by atoms with Gasteiger partial charge in [-0.2, -0.15) is 0 Å². The fourth-order valence-corrected chi connectivity index (χ4v) is 3.04. The predicted octanol–water partition coefficient (Wildman–Crippen LogP) is 2.29. The molecule has 2 N–H and O–H groups in total. The SMILES string of the molecule is CC(=O)c1ccccc1NC(=O)CN1C(=O)NC(C)(c2ccccc2)C1=O. The lowest BCUT2D eigenvalue weighted by Crippen LogP contribution is -2.42. The van der Waals surface area contributed by atoms with Crippen molar-refractivity contribution in [3.63, 3.8) is 0 Å². The van der Waals surface area contributed by atoms with Gasteiger partial charge in [0.2, 0.25) is 5.91 Å². The molecule has 2 aromatic rings. The van der Waals surface area contributed by atoms with Crippen LogP contribution in [0.2, 0.25) is 0 Å². The lowest BCUT2D eigenvalue weighted by atomic mass is 9.92. The molecule has 1 aliphatic heterocycles. The Hall–Kier alpha value is -3.48. The molecule has 2 aromatic carbocycles. The second-order valence-corrected chi connectivity index (χ2v) is 6.46. The summed E-state index contributed by atoms with van der Waals surface area (Å²) >= 11 is 0. The molecule has 7 heteroatoms. The highest BCUT2D eigenvalue weighted by Gasteiger charge is 2.49. The van der Waals surface area contributed by atoms with Crippen LogP contribution in [0.25, 0.3) is 0 Å². The van der Waals surface area contributed by atoms with Crippen LogP contribution in [0.15, 0.2) is 54.6 Å². The molecule has 1 unspecified atom stereocenters. The summed E-state index contributed by atoms with van der Waals surface area (Å²) in [5.74, 6) is -1.27. The van der Waals surface area contributed by atoms with Gasteiger partial charge in [-0.25, -0.2) is 4.79 Å². The average Bonchev–Trinajstić information content (AvgIpc) is 2.87. The van der Waals surface area contributed by atoms with Gasteiger partial charge in [0, 0.05) is 5.56 Å². The minimum Gasteiger partial charge on any atom is -0.324 e. The van der Waals surface area contributed by atoms with Crippen LogP contribution in [0.5, 0.6) is 0 Å². The molecule has 3 rings (SSSR count). The molecule has 1 saturated heterocycles. The number of carbonyl (C=O) groups is 4. The van der Waals surface area contributed by atoms with Gasteiger partial charge in [-0.3, -0.25) is 19.3 Å². The number of nitrogens with zero attached hydrogens (tertiary/aromatic N) is 1. The molecule has 0 aromatic heterocycles. The predicted molar refractivity (Wildman–Crippen MR) is 99.1 cm³/mol. The Morgan fingerprint density at radius 3 is 2.33 bits per heavy atom. The second-order valence-electron chi connectivity index (χ2n) is 6.46. The van der Waals surface area contributed by atoms with Crippen molar-refractivity contribution in [3.05, 3.63) is 65.7 Å². The molecule has 27 heavy (non-hydrogen) atoms. The van der Waals surface area contributed by atoms with E-state index >= 15 is 0 Å². The molecule has 1 fully saturated rings. The van der Waals surface area contributed by atoms with Crippen molar-refractivity contribution in [1.82, 2.24) is 10.2 Å². The topological polar surface area (TPSA) is 95.6 Å². The van der Waals surface area contributed by atoms with Crippen molar-refractivity contribution in [2.24, 2.45) is 0 Å². The van der Waals surface area contributed by atoms with E-state index in [4.69, 9.17) is 0 Å². The number of rotatable bonds is 5. The number of amides is 4. The van der Waals surface area contributed by atoms with Gasteiger partial charge in [0.05, 0.1) is 5.69 Å². The van der Waals surface area contributed by atoms with Gasteiger partial charge >= 0.3 is 6.03 Å². The standard InChI is InChI=1S/C20H19N3O4/c1-13(24)15-10-6-7-11-16(15)21-17(25)12-23-18(26)20(2,22-19(23)27)14-8-4-3-5-9-14/h3-11H,12H2,1-2H3,(H,21,25)(H,22,27). The molecular formula is C20H19N3O4. The van der Waals surface area contributed by atoms with E-state index in [9.17, 15) is 19.2 Å². The van der Waals surface area contributed by atoms with Crippen LogP contribution < -0.4 is 10.6 Å². The summed E-state index contributed by atoms with van der Waals surface area (Å²) in [7, 11) is 0. The minimum atomic E-state index is -1.23. The molecule has 1 aliphatic rings. The summed E-state index contributed by atoms with van der Waals surface area (Å²) in [6.07, 6.45) is 0. The van der Waals surface area contributed by atoms with Crippen molar-refractivity contribution in [1.29, 1.82) is 0 Å². The Kier molecular flexibility index (Phi) is 4.77. The maximum atomic E-state index is 12.8. The summed E-state index contributed by atoms with van der Waals surface area (Å²) < 4.78 is 0. The van der Waals surface area contributed by atoms with Crippen molar-refractivity contribution >= 4 is 29.3 Å². The van der Waals surface area contributed by atoms with E-state index < -0.39 is 29.9 Å². The van der Waals surface area contributed by atoms with Crippen LogP contribution >= 0.6 is 0 Å². The van der Waals surface area contributed by atoms with Crippen LogP contribution in [0.3, 0.4) is 0 Å². The van der Waals surface area contributed by atoms with Gasteiger partial charge < -0.3 is 10.6 Å². The smallest absolute Gasteiger partial charge is 0.324 e. The number of urea groups is 1. The monoisotopic (exact) mass is 365 g/mol. The first kappa shape index (κ1) is 18.3. The van der Waals surface area contributed by atoms with E-state index in [2.05, 4.69) is 10.6 Å². The number of para-hydroxylation sites is 1. The molecule has 138 valence electrons. The summed E-state index contributed by atoms with van der Waals surface area (Å²) in [5.41, 5.74) is 0.105. The Morgan fingerprint density at radius 1 is 1.04 bits per heavy atom. The van der Waals surface area contributed by atoms with Crippen LogP contribution in [-0.2, 0) is 15.1 Å².